The first kappa shape index (κ1) is 32.1. The van der Waals surface area contributed by atoms with Crippen molar-refractivity contribution < 1.29 is 18.0 Å². The minimum Gasteiger partial charge on any atom is -0.547 e. The Labute approximate surface area is 231 Å². The second-order valence-corrected chi connectivity index (χ2v) is 28.4. The van der Waals surface area contributed by atoms with Gasteiger partial charge in [0.15, 0.2) is 16.6 Å². The van der Waals surface area contributed by atoms with Crippen LogP contribution in [-0.2, 0) is 13.3 Å². The van der Waals surface area contributed by atoms with Gasteiger partial charge in [0.1, 0.15) is 12.4 Å². The molecule has 1 aliphatic rings. The first-order valence-electron chi connectivity index (χ1n) is 13.8. The maximum absolute atomic E-state index is 6.94. The number of rotatable bonds is 11. The van der Waals surface area contributed by atoms with Gasteiger partial charge in [0.05, 0.1) is 18.0 Å². The van der Waals surface area contributed by atoms with Crippen molar-refractivity contribution in [3.8, 4) is 5.75 Å². The van der Waals surface area contributed by atoms with Crippen LogP contribution in [0, 0.1) is 5.92 Å². The Kier molecular flexibility index (Phi) is 10.4. The lowest BCUT2D eigenvalue weighted by Crippen LogP contribution is -2.45. The topological polar surface area (TPSA) is 36.9 Å². The van der Waals surface area contributed by atoms with E-state index in [1.165, 1.54) is 0 Å². The maximum Gasteiger partial charge on any atom is 0.241 e. The molecule has 0 fully saturated rings. The third-order valence-electron chi connectivity index (χ3n) is 7.86. The van der Waals surface area contributed by atoms with Gasteiger partial charge in [-0.05, 0) is 74.1 Å². The predicted octanol–water partition coefficient (Wildman–Crippen LogP) is 9.16. The van der Waals surface area contributed by atoms with Crippen LogP contribution in [0.25, 0.3) is 0 Å². The van der Waals surface area contributed by atoms with E-state index in [-0.39, 0.29) is 28.2 Å². The molecule has 2 rings (SSSR count). The van der Waals surface area contributed by atoms with Gasteiger partial charge >= 0.3 is 0 Å². The van der Waals surface area contributed by atoms with Crippen LogP contribution in [0.4, 0.5) is 0 Å². The molecule has 0 saturated carbocycles. The van der Waals surface area contributed by atoms with Crippen LogP contribution in [0.3, 0.4) is 0 Å². The van der Waals surface area contributed by atoms with Crippen molar-refractivity contribution in [1.29, 1.82) is 0 Å². The van der Waals surface area contributed by atoms with Gasteiger partial charge in [-0.15, -0.1) is 0 Å². The summed E-state index contributed by atoms with van der Waals surface area (Å²) in [4.78, 5) is 0. The molecule has 0 radical (unpaired) electrons. The maximum atomic E-state index is 6.94. The Morgan fingerprint density at radius 3 is 1.95 bits per heavy atom. The Bertz CT molecular complexity index is 919. The average Bonchev–Trinajstić information content (AvgIpc) is 3.07. The van der Waals surface area contributed by atoms with E-state index in [9.17, 15) is 0 Å². The fraction of sp³-hybridized carbons (Fsp3) is 0.667. The molecule has 0 N–H and O–H groups in total. The van der Waals surface area contributed by atoms with Crippen LogP contribution >= 0.6 is 0 Å². The summed E-state index contributed by atoms with van der Waals surface area (Å²) >= 11 is 0. The van der Waals surface area contributed by atoms with Crippen molar-refractivity contribution in [2.24, 2.45) is 5.92 Å². The smallest absolute Gasteiger partial charge is 0.241 e. The van der Waals surface area contributed by atoms with Crippen LogP contribution < -0.4 is 4.74 Å². The molecule has 0 spiro atoms. The summed E-state index contributed by atoms with van der Waals surface area (Å²) in [6.45, 7) is 30.2. The van der Waals surface area contributed by atoms with Gasteiger partial charge in [0, 0.05) is 12.3 Å². The molecule has 7 heteroatoms. The third-order valence-corrected chi connectivity index (χ3v) is 17.7. The molecule has 4 nitrogen and oxygen atoms in total. The van der Waals surface area contributed by atoms with Crippen molar-refractivity contribution in [2.75, 3.05) is 6.61 Å². The van der Waals surface area contributed by atoms with Crippen LogP contribution in [0.1, 0.15) is 48.0 Å². The van der Waals surface area contributed by atoms with E-state index in [0.29, 0.717) is 6.61 Å². The molecular weight excluding hydrogens is 509 g/mol. The molecule has 1 aromatic rings. The molecule has 0 heterocycles. The normalized spacial score (nSPS) is 20.7. The van der Waals surface area contributed by atoms with Crippen LogP contribution in [0.2, 0.25) is 55.9 Å². The summed E-state index contributed by atoms with van der Waals surface area (Å²) < 4.78 is 26.4. The molecule has 0 aliphatic heterocycles. The highest BCUT2D eigenvalue weighted by Crippen LogP contribution is 2.42. The van der Waals surface area contributed by atoms with E-state index in [4.69, 9.17) is 18.0 Å². The zero-order valence-corrected chi connectivity index (χ0v) is 28.9. The van der Waals surface area contributed by atoms with E-state index < -0.39 is 25.0 Å². The molecule has 0 amide bonds. The standard InChI is InChI=1S/C30H54O4Si3/c1-29(2,3)36(10,11)33-26(23-31-25-17-15-14-16-18-25)20-19-24-21-27(32-35(7,8)9)22-28(24)34-37(12,13)30(4,5)6/h14-21,24,26,28H,22-23H2,1-13H3/b20-19+/t24-,26-,28-/m1/s1. The molecule has 0 aromatic heterocycles. The summed E-state index contributed by atoms with van der Waals surface area (Å²) in [5.41, 5.74) is 0. The van der Waals surface area contributed by atoms with E-state index in [0.717, 1.165) is 17.9 Å². The molecule has 1 aromatic carbocycles. The lowest BCUT2D eigenvalue weighted by Gasteiger charge is -2.40. The van der Waals surface area contributed by atoms with Gasteiger partial charge < -0.3 is 18.0 Å². The van der Waals surface area contributed by atoms with Gasteiger partial charge in [0.25, 0.3) is 0 Å². The van der Waals surface area contributed by atoms with Crippen molar-refractivity contribution in [2.45, 2.75) is 116 Å². The van der Waals surface area contributed by atoms with Gasteiger partial charge in [0.2, 0.25) is 8.32 Å². The van der Waals surface area contributed by atoms with Crippen molar-refractivity contribution >= 4 is 25.0 Å². The van der Waals surface area contributed by atoms with Crippen LogP contribution in [0.5, 0.6) is 5.75 Å². The van der Waals surface area contributed by atoms with Crippen molar-refractivity contribution in [1.82, 2.24) is 0 Å². The SMILES string of the molecule is CC(C)(C)[Si](C)(C)O[C@H](/C=C/[C@@H]1C=C(O[Si](C)(C)C)C[C@H]1O[Si](C)(C)C(C)(C)C)COc1ccccc1. The lowest BCUT2D eigenvalue weighted by molar-refractivity contribution is 0.146. The molecule has 37 heavy (non-hydrogen) atoms. The first-order chi connectivity index (χ1) is 16.7. The number of benzene rings is 1. The molecule has 0 unspecified atom stereocenters. The van der Waals surface area contributed by atoms with E-state index in [1.807, 2.05) is 30.3 Å². The number of hydrogen-bond acceptors (Lipinski definition) is 4. The Morgan fingerprint density at radius 1 is 0.865 bits per heavy atom. The Hall–Kier alpha value is -1.13. The average molecular weight is 563 g/mol. The molecule has 0 saturated heterocycles. The van der Waals surface area contributed by atoms with Crippen LogP contribution in [-0.4, -0.2) is 43.8 Å². The summed E-state index contributed by atoms with van der Waals surface area (Å²) in [5.74, 6) is 2.10. The summed E-state index contributed by atoms with van der Waals surface area (Å²) in [6, 6.07) is 10.00. The zero-order chi connectivity index (χ0) is 28.3. The predicted molar refractivity (Wildman–Crippen MR) is 166 cm³/mol. The number of hydrogen-bond donors (Lipinski definition) is 0. The molecule has 0 bridgehead atoms. The minimum absolute atomic E-state index is 0.0899. The summed E-state index contributed by atoms with van der Waals surface area (Å²) in [5, 5.41) is 0.270. The van der Waals surface area contributed by atoms with E-state index in [2.05, 4.69) is 106 Å². The fourth-order valence-electron chi connectivity index (χ4n) is 3.68. The van der Waals surface area contributed by atoms with E-state index in [1.54, 1.807) is 0 Å². The quantitative estimate of drug-likeness (QED) is 0.199. The lowest BCUT2D eigenvalue weighted by atomic mass is 10.1. The highest BCUT2D eigenvalue weighted by molar-refractivity contribution is 6.74. The Balaban J connectivity index is 2.32. The van der Waals surface area contributed by atoms with E-state index >= 15 is 0 Å². The first-order valence-corrected chi connectivity index (χ1v) is 23.0. The highest BCUT2D eigenvalue weighted by Gasteiger charge is 2.43. The fourth-order valence-corrected chi connectivity index (χ4v) is 7.23. The molecule has 210 valence electrons. The van der Waals surface area contributed by atoms with Gasteiger partial charge in [-0.1, -0.05) is 71.9 Å². The van der Waals surface area contributed by atoms with Crippen LogP contribution in [0.15, 0.2) is 54.3 Å². The molecular formula is C30H54O4Si3. The van der Waals surface area contributed by atoms with Crippen molar-refractivity contribution in [3.63, 3.8) is 0 Å². The van der Waals surface area contributed by atoms with Gasteiger partial charge in [-0.2, -0.15) is 0 Å². The number of para-hydroxylation sites is 1. The summed E-state index contributed by atoms with van der Waals surface area (Å²) in [7, 11) is -5.64. The largest absolute Gasteiger partial charge is 0.547 e. The van der Waals surface area contributed by atoms with Gasteiger partial charge in [-0.3, -0.25) is 0 Å². The monoisotopic (exact) mass is 562 g/mol. The third kappa shape index (κ3) is 9.84. The second-order valence-electron chi connectivity index (χ2n) is 14.5. The van der Waals surface area contributed by atoms with Crippen molar-refractivity contribution in [3.05, 3.63) is 54.3 Å². The molecule has 3 atom stereocenters. The second kappa shape index (κ2) is 11.9. The highest BCUT2D eigenvalue weighted by atomic mass is 28.4. The minimum atomic E-state index is -2.00. The summed E-state index contributed by atoms with van der Waals surface area (Å²) in [6.07, 6.45) is 7.57. The number of ether oxygens (including phenoxy) is 1. The van der Waals surface area contributed by atoms with Gasteiger partial charge in [-0.25, -0.2) is 0 Å². The Morgan fingerprint density at radius 2 is 1.43 bits per heavy atom. The zero-order valence-electron chi connectivity index (χ0n) is 25.9. The molecule has 1 aliphatic carbocycles.